The third kappa shape index (κ3) is 2.84. The smallest absolute Gasteiger partial charge is 0.270 e. The molecule has 2 saturated carbocycles. The molecular formula is C16H19IN2O4. The molecule has 0 heterocycles. The van der Waals surface area contributed by atoms with Crippen molar-refractivity contribution in [2.24, 2.45) is 5.41 Å². The number of benzene rings is 1. The van der Waals surface area contributed by atoms with Crippen LogP contribution in [-0.4, -0.2) is 29.6 Å². The van der Waals surface area contributed by atoms with Crippen LogP contribution in [0.1, 0.15) is 43.0 Å². The lowest BCUT2D eigenvalue weighted by Crippen LogP contribution is -2.67. The maximum Gasteiger partial charge on any atom is 0.270 e. The van der Waals surface area contributed by atoms with Crippen LogP contribution in [0.4, 0.5) is 5.69 Å². The van der Waals surface area contributed by atoms with Crippen LogP contribution in [-0.2, 0) is 4.74 Å². The number of nitrogens with zero attached hydrogens (tertiary/aromatic N) is 1. The molecule has 0 aliphatic heterocycles. The third-order valence-corrected chi connectivity index (χ3v) is 6.04. The Kier molecular flexibility index (Phi) is 4.59. The van der Waals surface area contributed by atoms with Crippen molar-refractivity contribution in [3.63, 3.8) is 0 Å². The average molecular weight is 430 g/mol. The summed E-state index contributed by atoms with van der Waals surface area (Å²) in [5, 5.41) is 13.9. The number of nitrogens with one attached hydrogen (secondary N) is 1. The van der Waals surface area contributed by atoms with Gasteiger partial charge in [0.05, 0.1) is 16.6 Å². The Morgan fingerprint density at radius 2 is 2.26 bits per heavy atom. The molecule has 2 aliphatic rings. The van der Waals surface area contributed by atoms with E-state index in [1.54, 1.807) is 0 Å². The summed E-state index contributed by atoms with van der Waals surface area (Å²) < 4.78 is 6.39. The molecule has 1 aromatic rings. The Morgan fingerprint density at radius 3 is 2.78 bits per heavy atom. The van der Waals surface area contributed by atoms with E-state index in [1.807, 2.05) is 29.5 Å². The lowest BCUT2D eigenvalue weighted by Gasteiger charge is -2.61. The summed E-state index contributed by atoms with van der Waals surface area (Å²) in [5.74, 6) is -0.157. The molecule has 1 amide bonds. The van der Waals surface area contributed by atoms with Crippen LogP contribution in [0.5, 0.6) is 0 Å². The van der Waals surface area contributed by atoms with Gasteiger partial charge in [-0.15, -0.1) is 0 Å². The lowest BCUT2D eigenvalue weighted by atomic mass is 9.51. The predicted molar refractivity (Wildman–Crippen MR) is 93.4 cm³/mol. The second-order valence-electron chi connectivity index (χ2n) is 6.21. The van der Waals surface area contributed by atoms with E-state index in [9.17, 15) is 14.9 Å². The summed E-state index contributed by atoms with van der Waals surface area (Å²) >= 11 is 1.97. The first kappa shape index (κ1) is 16.6. The number of carbonyl (C=O) groups excluding carboxylic acids is 1. The Labute approximate surface area is 148 Å². The molecule has 6 nitrogen and oxygen atoms in total. The number of halogens is 1. The number of non-ortho nitro benzene ring substituents is 1. The van der Waals surface area contributed by atoms with Crippen molar-refractivity contribution in [3.8, 4) is 0 Å². The standard InChI is InChI=1S/C16H19IN2O4/c1-2-23-14-9-13(16(14)6-3-7-16)18-15(20)11-5-4-10(19(21)22)8-12(11)17/h4-5,8,13-14H,2-3,6-7,9H2,1H3,(H,18,20)/t13-,14-/m0/s1. The van der Waals surface area contributed by atoms with E-state index in [0.717, 1.165) is 19.3 Å². The molecule has 0 aromatic heterocycles. The van der Waals surface area contributed by atoms with Crippen LogP contribution in [0.25, 0.3) is 0 Å². The largest absolute Gasteiger partial charge is 0.378 e. The number of carbonyl (C=O) groups is 1. The Balaban J connectivity index is 1.69. The van der Waals surface area contributed by atoms with Crippen LogP contribution < -0.4 is 5.32 Å². The maximum absolute atomic E-state index is 12.5. The summed E-state index contributed by atoms with van der Waals surface area (Å²) in [7, 11) is 0. The van der Waals surface area contributed by atoms with Crippen molar-refractivity contribution in [1.29, 1.82) is 0 Å². The van der Waals surface area contributed by atoms with Gasteiger partial charge in [-0.1, -0.05) is 6.42 Å². The molecular weight excluding hydrogens is 411 g/mol. The van der Waals surface area contributed by atoms with Crippen molar-refractivity contribution in [3.05, 3.63) is 37.4 Å². The quantitative estimate of drug-likeness (QED) is 0.442. The van der Waals surface area contributed by atoms with E-state index in [2.05, 4.69) is 5.32 Å². The zero-order valence-electron chi connectivity index (χ0n) is 12.9. The Bertz CT molecular complexity index is 645. The number of ether oxygens (including phenoxy) is 1. The highest BCUT2D eigenvalue weighted by atomic mass is 127. The van der Waals surface area contributed by atoms with E-state index in [-0.39, 0.29) is 29.2 Å². The number of rotatable bonds is 5. The van der Waals surface area contributed by atoms with E-state index in [1.165, 1.54) is 24.6 Å². The van der Waals surface area contributed by atoms with Gasteiger partial charge in [-0.25, -0.2) is 0 Å². The van der Waals surface area contributed by atoms with Crippen LogP contribution in [0.15, 0.2) is 18.2 Å². The SMILES string of the molecule is CCO[C@H]1C[C@H](NC(=O)c2ccc([N+](=O)[O-])cc2I)C12CCC2. The molecule has 2 aliphatic carbocycles. The van der Waals surface area contributed by atoms with Crippen molar-refractivity contribution in [1.82, 2.24) is 5.32 Å². The second-order valence-corrected chi connectivity index (χ2v) is 7.38. The molecule has 0 radical (unpaired) electrons. The van der Waals surface area contributed by atoms with Gasteiger partial charge in [-0.05, 0) is 54.8 Å². The first-order valence-corrected chi connectivity index (χ1v) is 8.92. The molecule has 0 saturated heterocycles. The summed E-state index contributed by atoms with van der Waals surface area (Å²) in [6, 6.07) is 4.48. The van der Waals surface area contributed by atoms with Gasteiger partial charge in [-0.3, -0.25) is 14.9 Å². The van der Waals surface area contributed by atoms with Gasteiger partial charge >= 0.3 is 0 Å². The van der Waals surface area contributed by atoms with Gasteiger partial charge in [0.15, 0.2) is 0 Å². The molecule has 23 heavy (non-hydrogen) atoms. The molecule has 124 valence electrons. The van der Waals surface area contributed by atoms with Gasteiger partial charge in [0.2, 0.25) is 0 Å². The highest BCUT2D eigenvalue weighted by Crippen LogP contribution is 2.57. The van der Waals surface area contributed by atoms with E-state index in [4.69, 9.17) is 4.74 Å². The first-order valence-electron chi connectivity index (χ1n) is 7.84. The molecule has 0 bridgehead atoms. The highest BCUT2D eigenvalue weighted by molar-refractivity contribution is 14.1. The fourth-order valence-electron chi connectivity index (χ4n) is 3.68. The zero-order valence-corrected chi connectivity index (χ0v) is 15.0. The van der Waals surface area contributed by atoms with Crippen LogP contribution in [0.3, 0.4) is 0 Å². The first-order chi connectivity index (χ1) is 11.0. The van der Waals surface area contributed by atoms with E-state index < -0.39 is 4.92 Å². The monoisotopic (exact) mass is 430 g/mol. The number of hydrogen-bond donors (Lipinski definition) is 1. The molecule has 1 spiro atoms. The molecule has 2 atom stereocenters. The molecule has 7 heteroatoms. The summed E-state index contributed by atoms with van der Waals surface area (Å²) in [4.78, 5) is 22.8. The molecule has 1 aromatic carbocycles. The van der Waals surface area contributed by atoms with Crippen LogP contribution in [0, 0.1) is 19.1 Å². The molecule has 0 unspecified atom stereocenters. The number of nitro benzene ring substituents is 1. The van der Waals surface area contributed by atoms with Crippen LogP contribution in [0.2, 0.25) is 0 Å². The normalized spacial score (nSPS) is 24.6. The van der Waals surface area contributed by atoms with Gasteiger partial charge in [-0.2, -0.15) is 0 Å². The van der Waals surface area contributed by atoms with E-state index >= 15 is 0 Å². The molecule has 1 N–H and O–H groups in total. The second kappa shape index (κ2) is 6.35. The third-order valence-electron chi connectivity index (χ3n) is 5.15. The summed E-state index contributed by atoms with van der Waals surface area (Å²) in [6.07, 6.45) is 4.48. The minimum absolute atomic E-state index is 0.00136. The van der Waals surface area contributed by atoms with Crippen molar-refractivity contribution in [2.75, 3.05) is 6.61 Å². The van der Waals surface area contributed by atoms with Crippen molar-refractivity contribution >= 4 is 34.2 Å². The number of hydrogen-bond acceptors (Lipinski definition) is 4. The average Bonchev–Trinajstić information content (AvgIpc) is 2.43. The topological polar surface area (TPSA) is 81.5 Å². The highest BCUT2D eigenvalue weighted by Gasteiger charge is 2.59. The minimum Gasteiger partial charge on any atom is -0.378 e. The molecule has 2 fully saturated rings. The summed E-state index contributed by atoms with van der Waals surface area (Å²) in [5.41, 5.74) is 0.602. The van der Waals surface area contributed by atoms with Gasteiger partial charge in [0.1, 0.15) is 0 Å². The fourth-order valence-corrected chi connectivity index (χ4v) is 4.42. The number of nitro groups is 1. The van der Waals surface area contributed by atoms with Crippen molar-refractivity contribution < 1.29 is 14.5 Å². The lowest BCUT2D eigenvalue weighted by molar-refractivity contribution is -0.384. The maximum atomic E-state index is 12.5. The van der Waals surface area contributed by atoms with E-state index in [0.29, 0.717) is 15.7 Å². The van der Waals surface area contributed by atoms with Gasteiger partial charge in [0, 0.05) is 33.8 Å². The zero-order chi connectivity index (χ0) is 16.6. The van der Waals surface area contributed by atoms with Crippen LogP contribution >= 0.6 is 22.6 Å². The summed E-state index contributed by atoms with van der Waals surface area (Å²) in [6.45, 7) is 2.70. The fraction of sp³-hybridized carbons (Fsp3) is 0.562. The van der Waals surface area contributed by atoms with Gasteiger partial charge in [0.25, 0.3) is 11.6 Å². The predicted octanol–water partition coefficient (Wildman–Crippen LogP) is 3.28. The van der Waals surface area contributed by atoms with Gasteiger partial charge < -0.3 is 10.1 Å². The molecule has 3 rings (SSSR count). The number of amides is 1. The Hall–Kier alpha value is -1.22. The minimum atomic E-state index is -0.453. The Morgan fingerprint density at radius 1 is 1.52 bits per heavy atom. The van der Waals surface area contributed by atoms with Crippen molar-refractivity contribution in [2.45, 2.75) is 44.8 Å².